The van der Waals surface area contributed by atoms with Crippen molar-refractivity contribution in [2.75, 3.05) is 6.54 Å². The Morgan fingerprint density at radius 3 is 2.73 bits per heavy atom. The average molecular weight is 238 g/mol. The predicted molar refractivity (Wildman–Crippen MR) is 49.6 cm³/mol. The third kappa shape index (κ3) is 3.50. The van der Waals surface area contributed by atoms with Gasteiger partial charge in [-0.2, -0.15) is 13.2 Å². The second-order valence-electron chi connectivity index (χ2n) is 2.86. The van der Waals surface area contributed by atoms with Crippen LogP contribution in [0.2, 0.25) is 0 Å². The summed E-state index contributed by atoms with van der Waals surface area (Å²) in [7, 11) is 0. The lowest BCUT2D eigenvalue weighted by Gasteiger charge is -2.06. The van der Waals surface area contributed by atoms with E-state index in [-0.39, 0.29) is 6.54 Å². The van der Waals surface area contributed by atoms with E-state index in [1.165, 1.54) is 11.3 Å². The van der Waals surface area contributed by atoms with Crippen LogP contribution in [0.5, 0.6) is 0 Å². The zero-order chi connectivity index (χ0) is 11.5. The molecule has 3 nitrogen and oxygen atoms in total. The van der Waals surface area contributed by atoms with Crippen LogP contribution < -0.4 is 5.32 Å². The maximum Gasteiger partial charge on any atom is 0.471 e. The summed E-state index contributed by atoms with van der Waals surface area (Å²) in [6.07, 6.45) is -4.43. The molecule has 0 saturated heterocycles. The zero-order valence-electron chi connectivity index (χ0n) is 7.89. The van der Waals surface area contributed by atoms with E-state index in [9.17, 15) is 18.0 Å². The molecule has 1 aromatic heterocycles. The Morgan fingerprint density at radius 2 is 2.27 bits per heavy atom. The number of halogens is 3. The summed E-state index contributed by atoms with van der Waals surface area (Å²) in [5, 5.41) is 1.80. The molecular weight excluding hydrogens is 229 g/mol. The van der Waals surface area contributed by atoms with Crippen LogP contribution in [-0.4, -0.2) is 23.6 Å². The Labute approximate surface area is 88.3 Å². The van der Waals surface area contributed by atoms with Crippen molar-refractivity contribution < 1.29 is 18.0 Å². The number of rotatable bonds is 3. The van der Waals surface area contributed by atoms with Gasteiger partial charge in [0.25, 0.3) is 0 Å². The predicted octanol–water partition coefficient (Wildman–Crippen LogP) is 1.67. The molecule has 1 N–H and O–H groups in total. The third-order valence-corrected chi connectivity index (χ3v) is 2.73. The Balaban J connectivity index is 2.35. The van der Waals surface area contributed by atoms with Crippen LogP contribution in [-0.2, 0) is 11.2 Å². The van der Waals surface area contributed by atoms with Crippen LogP contribution in [0.3, 0.4) is 0 Å². The quantitative estimate of drug-likeness (QED) is 0.870. The second-order valence-corrected chi connectivity index (χ2v) is 3.80. The minimum absolute atomic E-state index is 0.0264. The van der Waals surface area contributed by atoms with Gasteiger partial charge in [-0.25, -0.2) is 4.98 Å². The smallest absolute Gasteiger partial charge is 0.348 e. The van der Waals surface area contributed by atoms with Gasteiger partial charge in [0.15, 0.2) is 0 Å². The van der Waals surface area contributed by atoms with E-state index < -0.39 is 12.1 Å². The third-order valence-electron chi connectivity index (χ3n) is 1.74. The van der Waals surface area contributed by atoms with Crippen LogP contribution in [0, 0.1) is 6.92 Å². The molecule has 15 heavy (non-hydrogen) atoms. The summed E-state index contributed by atoms with van der Waals surface area (Å²) in [4.78, 5) is 15.3. The van der Waals surface area contributed by atoms with E-state index in [4.69, 9.17) is 0 Å². The van der Waals surface area contributed by atoms with Gasteiger partial charge < -0.3 is 5.32 Å². The fraction of sp³-hybridized carbons (Fsp3) is 0.500. The maximum absolute atomic E-state index is 11.8. The van der Waals surface area contributed by atoms with Gasteiger partial charge in [-0.1, -0.05) is 0 Å². The standard InChI is InChI=1S/C8H9F3N2OS/c1-5-6(15-4-13-5)2-3-12-7(14)8(9,10)11/h4H,2-3H2,1H3,(H,12,14). The molecular formula is C8H9F3N2OS. The molecule has 0 spiro atoms. The Kier molecular flexibility index (Phi) is 3.67. The highest BCUT2D eigenvalue weighted by atomic mass is 32.1. The first kappa shape index (κ1) is 12.0. The average Bonchev–Trinajstić information content (AvgIpc) is 2.50. The van der Waals surface area contributed by atoms with E-state index in [1.807, 2.05) is 0 Å². The molecule has 0 aliphatic carbocycles. The SMILES string of the molecule is Cc1ncsc1CCNC(=O)C(F)(F)F. The van der Waals surface area contributed by atoms with Gasteiger partial charge in [0.05, 0.1) is 11.2 Å². The monoisotopic (exact) mass is 238 g/mol. The summed E-state index contributed by atoms with van der Waals surface area (Å²) in [5.41, 5.74) is 2.41. The number of hydrogen-bond donors (Lipinski definition) is 1. The number of aromatic nitrogens is 1. The zero-order valence-corrected chi connectivity index (χ0v) is 8.71. The molecule has 7 heteroatoms. The van der Waals surface area contributed by atoms with Gasteiger partial charge in [0.2, 0.25) is 0 Å². The van der Waals surface area contributed by atoms with Crippen LogP contribution in [0.15, 0.2) is 5.51 Å². The number of aryl methyl sites for hydroxylation is 1. The number of hydrogen-bond acceptors (Lipinski definition) is 3. The van der Waals surface area contributed by atoms with Crippen molar-refractivity contribution in [3.8, 4) is 0 Å². The normalized spacial score (nSPS) is 11.5. The lowest BCUT2D eigenvalue weighted by atomic mass is 10.3. The number of nitrogens with one attached hydrogen (secondary N) is 1. The van der Waals surface area contributed by atoms with Crippen molar-refractivity contribution in [1.29, 1.82) is 0 Å². The molecule has 1 rings (SSSR count). The van der Waals surface area contributed by atoms with Gasteiger partial charge in [0.1, 0.15) is 0 Å². The van der Waals surface area contributed by atoms with Crippen LogP contribution in [0.25, 0.3) is 0 Å². The van der Waals surface area contributed by atoms with E-state index >= 15 is 0 Å². The topological polar surface area (TPSA) is 42.0 Å². The van der Waals surface area contributed by atoms with Crippen molar-refractivity contribution in [2.45, 2.75) is 19.5 Å². The number of amides is 1. The second kappa shape index (κ2) is 4.61. The first-order chi connectivity index (χ1) is 6.91. The lowest BCUT2D eigenvalue weighted by Crippen LogP contribution is -2.37. The fourth-order valence-electron chi connectivity index (χ4n) is 0.956. The first-order valence-corrected chi connectivity index (χ1v) is 5.03. The summed E-state index contributed by atoms with van der Waals surface area (Å²) in [5.74, 6) is -1.90. The summed E-state index contributed by atoms with van der Waals surface area (Å²) >= 11 is 1.37. The maximum atomic E-state index is 11.8. The molecule has 1 amide bonds. The Hall–Kier alpha value is -1.11. The summed E-state index contributed by atoms with van der Waals surface area (Å²) < 4.78 is 35.3. The molecule has 84 valence electrons. The van der Waals surface area contributed by atoms with Crippen LogP contribution in [0.4, 0.5) is 13.2 Å². The Morgan fingerprint density at radius 1 is 1.60 bits per heavy atom. The van der Waals surface area contributed by atoms with E-state index in [2.05, 4.69) is 4.98 Å². The fourth-order valence-corrected chi connectivity index (χ4v) is 1.74. The number of thiazole rings is 1. The van der Waals surface area contributed by atoms with Crippen molar-refractivity contribution in [2.24, 2.45) is 0 Å². The van der Waals surface area contributed by atoms with E-state index in [0.29, 0.717) is 6.42 Å². The highest BCUT2D eigenvalue weighted by Crippen LogP contribution is 2.15. The molecule has 1 heterocycles. The van der Waals surface area contributed by atoms with Gasteiger partial charge in [-0.15, -0.1) is 11.3 Å². The van der Waals surface area contributed by atoms with E-state index in [0.717, 1.165) is 10.6 Å². The minimum atomic E-state index is -4.80. The molecule has 0 saturated carbocycles. The van der Waals surface area contributed by atoms with Crippen molar-refractivity contribution in [3.05, 3.63) is 16.1 Å². The summed E-state index contributed by atoms with van der Waals surface area (Å²) in [6.45, 7) is 1.75. The minimum Gasteiger partial charge on any atom is -0.348 e. The molecule has 0 radical (unpaired) electrons. The number of nitrogens with zero attached hydrogens (tertiary/aromatic N) is 1. The molecule has 0 aromatic carbocycles. The molecule has 1 aromatic rings. The molecule has 0 unspecified atom stereocenters. The largest absolute Gasteiger partial charge is 0.471 e. The molecule has 0 bridgehead atoms. The van der Waals surface area contributed by atoms with Crippen molar-refractivity contribution in [1.82, 2.24) is 10.3 Å². The van der Waals surface area contributed by atoms with Gasteiger partial charge >= 0.3 is 12.1 Å². The highest BCUT2D eigenvalue weighted by Gasteiger charge is 2.38. The first-order valence-electron chi connectivity index (χ1n) is 4.15. The van der Waals surface area contributed by atoms with Crippen LogP contribution in [0.1, 0.15) is 10.6 Å². The number of carbonyl (C=O) groups is 1. The summed E-state index contributed by atoms with van der Waals surface area (Å²) in [6, 6.07) is 0. The van der Waals surface area contributed by atoms with Gasteiger partial charge in [-0.3, -0.25) is 4.79 Å². The number of carbonyl (C=O) groups excluding carboxylic acids is 1. The van der Waals surface area contributed by atoms with Crippen molar-refractivity contribution >= 4 is 17.2 Å². The Bertz CT molecular complexity index is 348. The number of alkyl halides is 3. The molecule has 0 fully saturated rings. The molecule has 0 aliphatic heterocycles. The highest BCUT2D eigenvalue weighted by molar-refractivity contribution is 7.09. The van der Waals surface area contributed by atoms with Gasteiger partial charge in [-0.05, 0) is 6.92 Å². The molecule has 0 atom stereocenters. The van der Waals surface area contributed by atoms with E-state index in [1.54, 1.807) is 17.8 Å². The molecule has 0 aliphatic rings. The lowest BCUT2D eigenvalue weighted by molar-refractivity contribution is -0.173. The van der Waals surface area contributed by atoms with Gasteiger partial charge in [0, 0.05) is 17.8 Å². The van der Waals surface area contributed by atoms with Crippen molar-refractivity contribution in [3.63, 3.8) is 0 Å². The van der Waals surface area contributed by atoms with Crippen LogP contribution >= 0.6 is 11.3 Å².